The molecule has 3 rings (SSSR count). The molecule has 0 aliphatic carbocycles. The highest BCUT2D eigenvalue weighted by atomic mass is 16.5. The van der Waals surface area contributed by atoms with Crippen molar-refractivity contribution in [2.75, 3.05) is 19.0 Å². The quantitative estimate of drug-likeness (QED) is 0.846. The smallest absolute Gasteiger partial charge is 0.166 e. The van der Waals surface area contributed by atoms with Gasteiger partial charge in [-0.05, 0) is 38.5 Å². The molecule has 1 aliphatic rings. The number of nitriles is 1. The van der Waals surface area contributed by atoms with Crippen molar-refractivity contribution in [3.63, 3.8) is 0 Å². The van der Waals surface area contributed by atoms with Gasteiger partial charge in [0.1, 0.15) is 23.2 Å². The van der Waals surface area contributed by atoms with E-state index >= 15 is 0 Å². The molecule has 7 heteroatoms. The van der Waals surface area contributed by atoms with Crippen molar-refractivity contribution in [1.29, 1.82) is 5.26 Å². The summed E-state index contributed by atoms with van der Waals surface area (Å²) < 4.78 is 5.18. The van der Waals surface area contributed by atoms with Crippen LogP contribution < -0.4 is 10.1 Å². The highest BCUT2D eigenvalue weighted by Gasteiger charge is 2.38. The van der Waals surface area contributed by atoms with Gasteiger partial charge < -0.3 is 20.1 Å². The molecular formula is C20H23N5O2. The number of aryl methyl sites for hydroxylation is 1. The molecule has 0 fully saturated rings. The van der Waals surface area contributed by atoms with Crippen LogP contribution in [0.25, 0.3) is 0 Å². The van der Waals surface area contributed by atoms with E-state index in [1.54, 1.807) is 25.3 Å². The van der Waals surface area contributed by atoms with Crippen LogP contribution in [-0.4, -0.2) is 35.0 Å². The number of benzene rings is 1. The minimum absolute atomic E-state index is 0.345. The number of fused-ring (bicyclic) bond motifs is 1. The largest absolute Gasteiger partial charge is 0.497 e. The third-order valence-corrected chi connectivity index (χ3v) is 4.68. The van der Waals surface area contributed by atoms with E-state index in [0.29, 0.717) is 41.4 Å². The fourth-order valence-corrected chi connectivity index (χ4v) is 3.29. The number of nitrogens with one attached hydrogen (secondary N) is 1. The van der Waals surface area contributed by atoms with E-state index in [4.69, 9.17) is 4.74 Å². The fourth-order valence-electron chi connectivity index (χ4n) is 3.29. The molecule has 0 saturated carbocycles. The number of aromatic nitrogens is 1. The van der Waals surface area contributed by atoms with Gasteiger partial charge in [-0.3, -0.25) is 0 Å². The first-order valence-electron chi connectivity index (χ1n) is 8.77. The van der Waals surface area contributed by atoms with E-state index in [-0.39, 0.29) is 0 Å². The third kappa shape index (κ3) is 3.32. The fraction of sp³-hybridized carbons (Fsp3) is 0.350. The van der Waals surface area contributed by atoms with Gasteiger partial charge in [0, 0.05) is 18.8 Å². The Labute approximate surface area is 158 Å². The Balaban J connectivity index is 2.01. The van der Waals surface area contributed by atoms with Crippen molar-refractivity contribution < 1.29 is 9.84 Å². The minimum Gasteiger partial charge on any atom is -0.497 e. The van der Waals surface area contributed by atoms with E-state index in [1.807, 2.05) is 38.1 Å². The molecule has 1 unspecified atom stereocenters. The van der Waals surface area contributed by atoms with Gasteiger partial charge in [0.05, 0.1) is 24.7 Å². The Kier molecular flexibility index (Phi) is 5.02. The summed E-state index contributed by atoms with van der Waals surface area (Å²) >= 11 is 0. The van der Waals surface area contributed by atoms with Gasteiger partial charge >= 0.3 is 0 Å². The van der Waals surface area contributed by atoms with Crippen LogP contribution in [0.15, 0.2) is 29.3 Å². The Morgan fingerprint density at radius 2 is 2.04 bits per heavy atom. The zero-order valence-electron chi connectivity index (χ0n) is 15.9. The maximum absolute atomic E-state index is 11.3. The first-order valence-corrected chi connectivity index (χ1v) is 8.77. The van der Waals surface area contributed by atoms with Crippen molar-refractivity contribution in [2.45, 2.75) is 33.0 Å². The Morgan fingerprint density at radius 3 is 2.63 bits per heavy atom. The third-order valence-electron chi connectivity index (χ3n) is 4.68. The van der Waals surface area contributed by atoms with Crippen LogP contribution in [0.3, 0.4) is 0 Å². The molecule has 140 valence electrons. The number of pyridine rings is 1. The van der Waals surface area contributed by atoms with Crippen molar-refractivity contribution in [1.82, 2.24) is 9.88 Å². The lowest BCUT2D eigenvalue weighted by Crippen LogP contribution is -2.45. The van der Waals surface area contributed by atoms with E-state index in [1.165, 1.54) is 0 Å². The molecule has 1 aromatic carbocycles. The maximum Gasteiger partial charge on any atom is 0.166 e. The molecule has 1 atom stereocenters. The predicted octanol–water partition coefficient (Wildman–Crippen LogP) is 3.04. The van der Waals surface area contributed by atoms with Crippen molar-refractivity contribution >= 4 is 17.8 Å². The predicted molar refractivity (Wildman–Crippen MR) is 104 cm³/mol. The Hall–Kier alpha value is -3.11. The van der Waals surface area contributed by atoms with Gasteiger partial charge in [0.15, 0.2) is 5.72 Å². The topological polar surface area (TPSA) is 93.8 Å². The van der Waals surface area contributed by atoms with Gasteiger partial charge in [-0.15, -0.1) is 0 Å². The van der Waals surface area contributed by atoms with Crippen LogP contribution in [0, 0.1) is 18.3 Å². The van der Waals surface area contributed by atoms with Crippen LogP contribution in [0.1, 0.15) is 36.2 Å². The van der Waals surface area contributed by atoms with E-state index < -0.39 is 5.72 Å². The number of hydrogen-bond acceptors (Lipinski definition) is 7. The van der Waals surface area contributed by atoms with Crippen molar-refractivity contribution in [2.24, 2.45) is 4.99 Å². The second-order valence-corrected chi connectivity index (χ2v) is 6.53. The number of methoxy groups -OCH3 is 1. The number of aliphatic imine (C=N–C) groups is 1. The molecule has 0 saturated heterocycles. The summed E-state index contributed by atoms with van der Waals surface area (Å²) in [6.45, 7) is 6.55. The molecule has 1 aliphatic heterocycles. The zero-order chi connectivity index (χ0) is 19.6. The number of aliphatic hydroxyl groups is 1. The van der Waals surface area contributed by atoms with Gasteiger partial charge in [-0.25, -0.2) is 9.98 Å². The molecule has 0 radical (unpaired) electrons. The summed E-state index contributed by atoms with van der Waals surface area (Å²) in [5.41, 5.74) is 1.67. The van der Waals surface area contributed by atoms with E-state index in [9.17, 15) is 10.4 Å². The summed E-state index contributed by atoms with van der Waals surface area (Å²) in [6.07, 6.45) is 1.59. The van der Waals surface area contributed by atoms with Gasteiger partial charge in [-0.1, -0.05) is 12.1 Å². The second-order valence-electron chi connectivity index (χ2n) is 6.53. The summed E-state index contributed by atoms with van der Waals surface area (Å²) in [4.78, 5) is 10.7. The normalized spacial score (nSPS) is 18.0. The molecular weight excluding hydrogens is 342 g/mol. The molecule has 2 N–H and O–H groups in total. The van der Waals surface area contributed by atoms with Gasteiger partial charge in [-0.2, -0.15) is 5.26 Å². The van der Waals surface area contributed by atoms with Crippen molar-refractivity contribution in [3.05, 3.63) is 46.6 Å². The lowest BCUT2D eigenvalue weighted by molar-refractivity contribution is -0.0631. The molecule has 2 heterocycles. The lowest BCUT2D eigenvalue weighted by Gasteiger charge is -2.40. The average molecular weight is 365 g/mol. The molecule has 1 aromatic heterocycles. The molecule has 7 nitrogen and oxygen atoms in total. The number of hydrogen-bond donors (Lipinski definition) is 2. The van der Waals surface area contributed by atoms with Gasteiger partial charge in [0.2, 0.25) is 0 Å². The number of nitrogens with zero attached hydrogens (tertiary/aromatic N) is 4. The molecule has 0 amide bonds. The maximum atomic E-state index is 11.3. The molecule has 0 bridgehead atoms. The first kappa shape index (κ1) is 18.7. The SMILES string of the molecule is CCNc1nc(C)c2c(c1C#N)N=CN(Cc1ccc(OC)cc1)C2(C)O. The van der Waals surface area contributed by atoms with Crippen molar-refractivity contribution in [3.8, 4) is 11.8 Å². The standard InChI is InChI=1S/C20H23N5O2/c1-5-22-19-16(10-21)18-17(13(2)24-19)20(3,26)25(12-23-18)11-14-6-8-15(27-4)9-7-14/h6-9,12,26H,5,11H2,1-4H3,(H,22,24). The van der Waals surface area contributed by atoms with Gasteiger partial charge in [0.25, 0.3) is 0 Å². The first-order chi connectivity index (χ1) is 12.9. The van der Waals surface area contributed by atoms with Crippen LogP contribution >= 0.6 is 0 Å². The average Bonchev–Trinajstić information content (AvgIpc) is 2.64. The highest BCUT2D eigenvalue weighted by Crippen LogP contribution is 2.42. The van der Waals surface area contributed by atoms with Crippen LogP contribution in [0.4, 0.5) is 11.5 Å². The second kappa shape index (κ2) is 7.25. The molecule has 27 heavy (non-hydrogen) atoms. The van der Waals surface area contributed by atoms with E-state index in [2.05, 4.69) is 21.4 Å². The van der Waals surface area contributed by atoms with Crippen LogP contribution in [0.2, 0.25) is 0 Å². The Bertz CT molecular complexity index is 913. The summed E-state index contributed by atoms with van der Waals surface area (Å²) in [5, 5.41) is 24.0. The monoisotopic (exact) mass is 365 g/mol. The molecule has 2 aromatic rings. The minimum atomic E-state index is -1.34. The lowest BCUT2D eigenvalue weighted by atomic mass is 9.95. The van der Waals surface area contributed by atoms with E-state index in [0.717, 1.165) is 11.3 Å². The van der Waals surface area contributed by atoms with Crippen LogP contribution in [0.5, 0.6) is 5.75 Å². The van der Waals surface area contributed by atoms with Crippen LogP contribution in [-0.2, 0) is 12.3 Å². The number of anilines is 1. The summed E-state index contributed by atoms with van der Waals surface area (Å²) in [7, 11) is 1.62. The Morgan fingerprint density at radius 1 is 1.33 bits per heavy atom. The zero-order valence-corrected chi connectivity index (χ0v) is 15.9. The highest BCUT2D eigenvalue weighted by molar-refractivity contribution is 5.78. The number of rotatable bonds is 5. The molecule has 0 spiro atoms. The summed E-state index contributed by atoms with van der Waals surface area (Å²) in [6, 6.07) is 9.81. The number of ether oxygens (including phenoxy) is 1. The summed E-state index contributed by atoms with van der Waals surface area (Å²) in [5.74, 6) is 1.27.